The molecular weight excluding hydrogens is 279 g/mol. The summed E-state index contributed by atoms with van der Waals surface area (Å²) >= 11 is 0. The van der Waals surface area contributed by atoms with Crippen LogP contribution >= 0.6 is 0 Å². The molecule has 0 unspecified atom stereocenters. The van der Waals surface area contributed by atoms with Crippen LogP contribution in [0, 0.1) is 23.7 Å². The van der Waals surface area contributed by atoms with Crippen LogP contribution in [-0.2, 0) is 4.74 Å². The van der Waals surface area contributed by atoms with Crippen molar-refractivity contribution in [3.05, 3.63) is 35.4 Å². The Kier molecular flexibility index (Phi) is 3.59. The smallest absolute Gasteiger partial charge is 0.126 e. The van der Waals surface area contributed by atoms with Crippen molar-refractivity contribution in [1.82, 2.24) is 0 Å². The average Bonchev–Trinajstić information content (AvgIpc) is 2.49. The Labute approximate surface area is 131 Å². The van der Waals surface area contributed by atoms with Gasteiger partial charge in [-0.2, -0.15) is 0 Å². The maximum absolute atomic E-state index is 12.7. The highest BCUT2D eigenvalue weighted by Gasteiger charge is 2.46. The van der Waals surface area contributed by atoms with Gasteiger partial charge in [-0.05, 0) is 73.5 Å². The van der Waals surface area contributed by atoms with E-state index in [1.807, 2.05) is 12.1 Å². The lowest BCUT2D eigenvalue weighted by Crippen LogP contribution is -2.41. The average molecular weight is 302 g/mol. The highest BCUT2D eigenvalue weighted by molar-refractivity contribution is 5.66. The molecule has 5 rings (SSSR count). The SMILES string of the molecule is Oc1cccc(C(OCCF)=C2C3CC4CC(C3)CC2C4)c1. The molecule has 0 aliphatic heterocycles. The lowest BCUT2D eigenvalue weighted by atomic mass is 9.54. The van der Waals surface area contributed by atoms with Crippen molar-refractivity contribution in [1.29, 1.82) is 0 Å². The lowest BCUT2D eigenvalue weighted by molar-refractivity contribution is 0.0662. The highest BCUT2D eigenvalue weighted by atomic mass is 19.1. The van der Waals surface area contributed by atoms with Crippen LogP contribution in [0.1, 0.15) is 37.7 Å². The minimum absolute atomic E-state index is 0.0980. The van der Waals surface area contributed by atoms with E-state index >= 15 is 0 Å². The summed E-state index contributed by atoms with van der Waals surface area (Å²) in [6, 6.07) is 7.20. The predicted molar refractivity (Wildman–Crippen MR) is 84.0 cm³/mol. The van der Waals surface area contributed by atoms with Gasteiger partial charge in [0.1, 0.15) is 24.8 Å². The summed E-state index contributed by atoms with van der Waals surface area (Å²) in [5.74, 6) is 4.07. The Hall–Kier alpha value is -1.51. The summed E-state index contributed by atoms with van der Waals surface area (Å²) in [4.78, 5) is 0. The van der Waals surface area contributed by atoms with Gasteiger partial charge in [0.2, 0.25) is 0 Å². The van der Waals surface area contributed by atoms with Gasteiger partial charge >= 0.3 is 0 Å². The third kappa shape index (κ3) is 2.41. The number of halogens is 1. The van der Waals surface area contributed by atoms with Crippen molar-refractivity contribution in [2.24, 2.45) is 23.7 Å². The van der Waals surface area contributed by atoms with Crippen molar-refractivity contribution < 1.29 is 14.2 Å². The van der Waals surface area contributed by atoms with Crippen LogP contribution in [0.5, 0.6) is 5.75 Å². The number of hydrogen-bond donors (Lipinski definition) is 1. The monoisotopic (exact) mass is 302 g/mol. The third-order valence-electron chi connectivity index (χ3n) is 5.71. The van der Waals surface area contributed by atoms with Gasteiger partial charge in [0.05, 0.1) is 0 Å². The van der Waals surface area contributed by atoms with E-state index in [1.54, 1.807) is 12.1 Å². The molecule has 118 valence electrons. The Morgan fingerprint density at radius 1 is 1.09 bits per heavy atom. The topological polar surface area (TPSA) is 29.5 Å². The molecule has 1 aromatic carbocycles. The fourth-order valence-corrected chi connectivity index (χ4v) is 5.18. The Bertz CT molecular complexity index is 563. The van der Waals surface area contributed by atoms with Crippen LogP contribution in [0.3, 0.4) is 0 Å². The molecule has 4 bridgehead atoms. The largest absolute Gasteiger partial charge is 0.508 e. The molecule has 0 aromatic heterocycles. The number of ether oxygens (including phenoxy) is 1. The van der Waals surface area contributed by atoms with E-state index in [0.717, 1.165) is 23.2 Å². The van der Waals surface area contributed by atoms with E-state index in [2.05, 4.69) is 0 Å². The molecule has 22 heavy (non-hydrogen) atoms. The zero-order valence-corrected chi connectivity index (χ0v) is 12.8. The van der Waals surface area contributed by atoms with E-state index in [4.69, 9.17) is 4.74 Å². The van der Waals surface area contributed by atoms with Gasteiger partial charge in [-0.25, -0.2) is 4.39 Å². The second-order valence-corrected chi connectivity index (χ2v) is 7.18. The standard InChI is InChI=1S/C19H23FO2/c20-4-5-22-19(14-2-1-3-17(21)11-14)18-15-7-12-6-13(9-15)10-16(18)8-12/h1-3,11-13,15-16,21H,4-10H2. The first kappa shape index (κ1) is 14.1. The molecule has 1 N–H and O–H groups in total. The van der Waals surface area contributed by atoms with Crippen LogP contribution in [0.25, 0.3) is 5.76 Å². The van der Waals surface area contributed by atoms with Crippen molar-refractivity contribution in [3.63, 3.8) is 0 Å². The number of aromatic hydroxyl groups is 1. The van der Waals surface area contributed by atoms with Gasteiger partial charge in [0, 0.05) is 5.56 Å². The van der Waals surface area contributed by atoms with Gasteiger partial charge in [0.25, 0.3) is 0 Å². The molecule has 4 saturated carbocycles. The first-order valence-electron chi connectivity index (χ1n) is 8.46. The van der Waals surface area contributed by atoms with Gasteiger partial charge < -0.3 is 9.84 Å². The molecule has 0 heterocycles. The summed E-state index contributed by atoms with van der Waals surface area (Å²) in [7, 11) is 0. The number of phenolic OH excluding ortho intramolecular Hbond substituents is 1. The zero-order valence-electron chi connectivity index (χ0n) is 12.8. The molecule has 4 aliphatic rings. The maximum atomic E-state index is 12.7. The van der Waals surface area contributed by atoms with E-state index in [-0.39, 0.29) is 12.4 Å². The summed E-state index contributed by atoms with van der Waals surface area (Å²) < 4.78 is 18.5. The summed E-state index contributed by atoms with van der Waals surface area (Å²) in [5, 5.41) is 9.79. The molecule has 1 aromatic rings. The lowest BCUT2D eigenvalue weighted by Gasteiger charge is -2.51. The van der Waals surface area contributed by atoms with Gasteiger partial charge in [-0.3, -0.25) is 0 Å². The number of phenols is 1. The Morgan fingerprint density at radius 2 is 1.77 bits per heavy atom. The fraction of sp³-hybridized carbons (Fsp3) is 0.579. The fourth-order valence-electron chi connectivity index (χ4n) is 5.18. The molecule has 0 spiro atoms. The van der Waals surface area contributed by atoms with Crippen molar-refractivity contribution in [2.45, 2.75) is 32.1 Å². The van der Waals surface area contributed by atoms with Crippen molar-refractivity contribution >= 4 is 5.76 Å². The first-order valence-corrected chi connectivity index (χ1v) is 8.46. The van der Waals surface area contributed by atoms with Gasteiger partial charge in [0.15, 0.2) is 0 Å². The van der Waals surface area contributed by atoms with Crippen LogP contribution in [0.15, 0.2) is 29.8 Å². The first-order chi connectivity index (χ1) is 10.7. The molecule has 0 saturated heterocycles. The van der Waals surface area contributed by atoms with E-state index < -0.39 is 6.67 Å². The molecule has 0 radical (unpaired) electrons. The molecule has 0 atom stereocenters. The van der Waals surface area contributed by atoms with Crippen LogP contribution in [0.2, 0.25) is 0 Å². The van der Waals surface area contributed by atoms with Crippen molar-refractivity contribution in [2.75, 3.05) is 13.3 Å². The Balaban J connectivity index is 1.76. The number of hydrogen-bond acceptors (Lipinski definition) is 2. The minimum Gasteiger partial charge on any atom is -0.508 e. The van der Waals surface area contributed by atoms with Crippen LogP contribution in [0.4, 0.5) is 4.39 Å². The molecule has 4 aliphatic carbocycles. The van der Waals surface area contributed by atoms with E-state index in [0.29, 0.717) is 11.8 Å². The molecule has 2 nitrogen and oxygen atoms in total. The quantitative estimate of drug-likeness (QED) is 0.827. The number of allylic oxidation sites excluding steroid dienone is 1. The summed E-state index contributed by atoms with van der Waals surface area (Å²) in [5.41, 5.74) is 2.31. The number of alkyl halides is 1. The summed E-state index contributed by atoms with van der Waals surface area (Å²) in [6.07, 6.45) is 6.48. The maximum Gasteiger partial charge on any atom is 0.126 e. The minimum atomic E-state index is -0.476. The Morgan fingerprint density at radius 3 is 2.36 bits per heavy atom. The zero-order chi connectivity index (χ0) is 15.1. The van der Waals surface area contributed by atoms with Gasteiger partial charge in [-0.15, -0.1) is 0 Å². The molecule has 4 fully saturated rings. The number of benzene rings is 1. The van der Waals surface area contributed by atoms with Crippen LogP contribution in [-0.4, -0.2) is 18.4 Å². The van der Waals surface area contributed by atoms with Gasteiger partial charge in [-0.1, -0.05) is 12.1 Å². The van der Waals surface area contributed by atoms with Crippen molar-refractivity contribution in [3.8, 4) is 5.75 Å². The van der Waals surface area contributed by atoms with E-state index in [9.17, 15) is 9.50 Å². The third-order valence-corrected chi connectivity index (χ3v) is 5.71. The normalized spacial score (nSPS) is 32.3. The molecule has 0 amide bonds. The molecular formula is C19H23FO2. The second kappa shape index (κ2) is 5.60. The number of rotatable bonds is 4. The summed E-state index contributed by atoms with van der Waals surface area (Å²) in [6.45, 7) is -0.378. The second-order valence-electron chi connectivity index (χ2n) is 7.18. The molecule has 3 heteroatoms. The van der Waals surface area contributed by atoms with E-state index in [1.165, 1.54) is 37.7 Å². The van der Waals surface area contributed by atoms with Crippen LogP contribution < -0.4 is 0 Å². The predicted octanol–water partition coefficient (Wildman–Crippen LogP) is 4.55. The highest BCUT2D eigenvalue weighted by Crippen LogP contribution is 2.58.